The van der Waals surface area contributed by atoms with Gasteiger partial charge < -0.3 is 14.5 Å². The lowest BCUT2D eigenvalue weighted by Crippen LogP contribution is -2.30. The molecule has 1 amide bonds. The van der Waals surface area contributed by atoms with Crippen molar-refractivity contribution in [1.29, 1.82) is 0 Å². The van der Waals surface area contributed by atoms with Crippen LogP contribution >= 0.6 is 11.6 Å². The van der Waals surface area contributed by atoms with Crippen LogP contribution in [0.2, 0.25) is 5.02 Å². The average Bonchev–Trinajstić information content (AvgIpc) is 2.98. The van der Waals surface area contributed by atoms with Crippen LogP contribution in [0.5, 0.6) is 0 Å². The van der Waals surface area contributed by atoms with E-state index in [1.165, 1.54) is 6.92 Å². The normalized spacial score (nSPS) is 12.0. The Morgan fingerprint density at radius 2 is 1.81 bits per heavy atom. The van der Waals surface area contributed by atoms with Gasteiger partial charge in [-0.3, -0.25) is 9.59 Å². The van der Waals surface area contributed by atoms with E-state index in [4.69, 9.17) is 20.8 Å². The summed E-state index contributed by atoms with van der Waals surface area (Å²) in [5, 5.41) is 4.14. The first kappa shape index (κ1) is 19.0. The monoisotopic (exact) mass is 385 g/mol. The molecule has 27 heavy (non-hydrogen) atoms. The maximum Gasteiger partial charge on any atom is 0.311 e. The number of hydrogen-bond donors (Lipinski definition) is 1. The second-order valence-electron chi connectivity index (χ2n) is 6.50. The van der Waals surface area contributed by atoms with E-state index >= 15 is 0 Å². The Labute approximate surface area is 162 Å². The summed E-state index contributed by atoms with van der Waals surface area (Å²) in [5.74, 6) is -0.899. The zero-order valence-corrected chi connectivity index (χ0v) is 16.1. The van der Waals surface area contributed by atoms with Gasteiger partial charge in [0.05, 0.1) is 12.7 Å². The third-order valence-electron chi connectivity index (χ3n) is 4.39. The second kappa shape index (κ2) is 7.84. The summed E-state index contributed by atoms with van der Waals surface area (Å²) in [7, 11) is 0. The molecule has 0 aliphatic heterocycles. The number of ether oxygens (including phenoxy) is 1. The number of benzene rings is 2. The molecule has 0 spiro atoms. The number of furan rings is 1. The molecule has 0 aliphatic carbocycles. The molecule has 0 radical (unpaired) electrons. The zero-order valence-electron chi connectivity index (χ0n) is 15.3. The molecule has 0 aliphatic rings. The van der Waals surface area contributed by atoms with Crippen molar-refractivity contribution >= 4 is 40.1 Å². The van der Waals surface area contributed by atoms with E-state index in [2.05, 4.69) is 5.32 Å². The van der Waals surface area contributed by atoms with E-state index in [1.54, 1.807) is 30.5 Å². The molecule has 1 atom stereocenters. The van der Waals surface area contributed by atoms with E-state index < -0.39 is 18.0 Å². The predicted octanol–water partition coefficient (Wildman–Crippen LogP) is 4.82. The summed E-state index contributed by atoms with van der Waals surface area (Å²) < 4.78 is 10.8. The van der Waals surface area contributed by atoms with Gasteiger partial charge in [0, 0.05) is 21.7 Å². The molecule has 2 aromatic carbocycles. The summed E-state index contributed by atoms with van der Waals surface area (Å²) >= 11 is 5.82. The van der Waals surface area contributed by atoms with E-state index in [0.717, 1.165) is 27.7 Å². The third kappa shape index (κ3) is 4.49. The standard InChI is InChI=1S/C21H20ClNO4/c1-12-8-18-15(11-26-19(18)9-13(12)2)10-20(24)27-14(3)21(25)23-17-6-4-16(22)5-7-17/h4-9,11,14H,10H2,1-3H3,(H,23,25)/t14-/m0/s1. The van der Waals surface area contributed by atoms with Crippen molar-refractivity contribution in [3.8, 4) is 0 Å². The molecule has 5 nitrogen and oxygen atoms in total. The number of aryl methyl sites for hydroxylation is 2. The number of esters is 1. The Balaban J connectivity index is 1.62. The number of carbonyl (C=O) groups excluding carboxylic acids is 2. The quantitative estimate of drug-likeness (QED) is 0.639. The number of carbonyl (C=O) groups is 2. The fourth-order valence-electron chi connectivity index (χ4n) is 2.70. The van der Waals surface area contributed by atoms with Crippen LogP contribution < -0.4 is 5.32 Å². The zero-order chi connectivity index (χ0) is 19.6. The van der Waals surface area contributed by atoms with E-state index in [9.17, 15) is 9.59 Å². The first-order valence-corrected chi connectivity index (χ1v) is 8.94. The molecule has 1 heterocycles. The van der Waals surface area contributed by atoms with Gasteiger partial charge in [-0.05, 0) is 68.3 Å². The maximum absolute atomic E-state index is 12.3. The number of halogens is 1. The van der Waals surface area contributed by atoms with Crippen LogP contribution in [0.25, 0.3) is 11.0 Å². The Kier molecular flexibility index (Phi) is 5.51. The van der Waals surface area contributed by atoms with Crippen LogP contribution in [0, 0.1) is 13.8 Å². The Hall–Kier alpha value is -2.79. The van der Waals surface area contributed by atoms with Gasteiger partial charge in [-0.2, -0.15) is 0 Å². The molecule has 0 saturated heterocycles. The summed E-state index contributed by atoms with van der Waals surface area (Å²) in [5.41, 5.74) is 4.30. The summed E-state index contributed by atoms with van der Waals surface area (Å²) in [6, 6.07) is 10.6. The minimum Gasteiger partial charge on any atom is -0.464 e. The molecule has 0 fully saturated rings. The Morgan fingerprint density at radius 1 is 1.15 bits per heavy atom. The molecule has 3 aromatic rings. The van der Waals surface area contributed by atoms with Crippen LogP contribution in [0.15, 0.2) is 47.1 Å². The van der Waals surface area contributed by atoms with Gasteiger partial charge >= 0.3 is 5.97 Å². The average molecular weight is 386 g/mol. The minimum atomic E-state index is -0.921. The molecule has 0 bridgehead atoms. The number of nitrogens with one attached hydrogen (secondary N) is 1. The fraction of sp³-hybridized carbons (Fsp3) is 0.238. The van der Waals surface area contributed by atoms with Gasteiger partial charge in [0.1, 0.15) is 5.58 Å². The van der Waals surface area contributed by atoms with Gasteiger partial charge in [0.2, 0.25) is 0 Å². The number of rotatable bonds is 5. The molecule has 0 unspecified atom stereocenters. The summed E-state index contributed by atoms with van der Waals surface area (Å²) in [4.78, 5) is 24.4. The van der Waals surface area contributed by atoms with Crippen molar-refractivity contribution in [3.63, 3.8) is 0 Å². The highest BCUT2D eigenvalue weighted by molar-refractivity contribution is 6.30. The van der Waals surface area contributed by atoms with Crippen molar-refractivity contribution in [2.45, 2.75) is 33.3 Å². The fourth-order valence-corrected chi connectivity index (χ4v) is 2.82. The molecular formula is C21H20ClNO4. The number of anilines is 1. The molecule has 3 rings (SSSR count). The van der Waals surface area contributed by atoms with Crippen LogP contribution in [-0.2, 0) is 20.7 Å². The highest BCUT2D eigenvalue weighted by Crippen LogP contribution is 2.25. The highest BCUT2D eigenvalue weighted by atomic mass is 35.5. The Bertz CT molecular complexity index is 991. The SMILES string of the molecule is Cc1cc2occ(CC(=O)O[C@@H](C)C(=O)Nc3ccc(Cl)cc3)c2cc1C. The van der Waals surface area contributed by atoms with Crippen molar-refractivity contribution in [3.05, 3.63) is 64.4 Å². The van der Waals surface area contributed by atoms with Gasteiger partial charge in [-0.15, -0.1) is 0 Å². The number of amides is 1. The first-order valence-electron chi connectivity index (χ1n) is 8.56. The summed E-state index contributed by atoms with van der Waals surface area (Å²) in [6.45, 7) is 5.55. The van der Waals surface area contributed by atoms with Crippen LogP contribution in [-0.4, -0.2) is 18.0 Å². The predicted molar refractivity (Wildman–Crippen MR) is 105 cm³/mol. The molecular weight excluding hydrogens is 366 g/mol. The second-order valence-corrected chi connectivity index (χ2v) is 6.94. The van der Waals surface area contributed by atoms with Gasteiger partial charge in [-0.1, -0.05) is 11.6 Å². The number of fused-ring (bicyclic) bond motifs is 1. The largest absolute Gasteiger partial charge is 0.464 e. The van der Waals surface area contributed by atoms with Crippen molar-refractivity contribution < 1.29 is 18.7 Å². The van der Waals surface area contributed by atoms with Crippen molar-refractivity contribution in [2.24, 2.45) is 0 Å². The van der Waals surface area contributed by atoms with Crippen molar-refractivity contribution in [1.82, 2.24) is 0 Å². The molecule has 1 aromatic heterocycles. The first-order chi connectivity index (χ1) is 12.8. The van der Waals surface area contributed by atoms with Crippen LogP contribution in [0.1, 0.15) is 23.6 Å². The van der Waals surface area contributed by atoms with Gasteiger partial charge in [-0.25, -0.2) is 0 Å². The van der Waals surface area contributed by atoms with E-state index in [0.29, 0.717) is 10.7 Å². The highest BCUT2D eigenvalue weighted by Gasteiger charge is 2.20. The van der Waals surface area contributed by atoms with Crippen LogP contribution in [0.3, 0.4) is 0 Å². The molecule has 0 saturated carbocycles. The topological polar surface area (TPSA) is 68.5 Å². The smallest absolute Gasteiger partial charge is 0.311 e. The van der Waals surface area contributed by atoms with E-state index in [1.807, 2.05) is 26.0 Å². The minimum absolute atomic E-state index is 0.0358. The third-order valence-corrected chi connectivity index (χ3v) is 4.65. The number of hydrogen-bond acceptors (Lipinski definition) is 4. The van der Waals surface area contributed by atoms with Gasteiger partial charge in [0.15, 0.2) is 6.10 Å². The lowest BCUT2D eigenvalue weighted by atomic mass is 10.0. The Morgan fingerprint density at radius 3 is 2.52 bits per heavy atom. The molecule has 1 N–H and O–H groups in total. The lowest BCUT2D eigenvalue weighted by Gasteiger charge is -2.13. The van der Waals surface area contributed by atoms with Crippen molar-refractivity contribution in [2.75, 3.05) is 5.32 Å². The molecule has 6 heteroatoms. The van der Waals surface area contributed by atoms with Gasteiger partial charge in [0.25, 0.3) is 5.91 Å². The summed E-state index contributed by atoms with van der Waals surface area (Å²) in [6.07, 6.45) is 0.674. The molecule has 140 valence electrons. The van der Waals surface area contributed by atoms with E-state index in [-0.39, 0.29) is 6.42 Å². The van der Waals surface area contributed by atoms with Crippen LogP contribution in [0.4, 0.5) is 5.69 Å². The lowest BCUT2D eigenvalue weighted by molar-refractivity contribution is -0.152. The maximum atomic E-state index is 12.3.